The summed E-state index contributed by atoms with van der Waals surface area (Å²) in [6.07, 6.45) is 2.52. The number of hydrogen-bond donors (Lipinski definition) is 2. The molecule has 0 spiro atoms. The van der Waals surface area contributed by atoms with E-state index in [1.54, 1.807) is 0 Å². The van der Waals surface area contributed by atoms with Crippen molar-refractivity contribution in [3.8, 4) is 0 Å². The van der Waals surface area contributed by atoms with Crippen molar-refractivity contribution >= 4 is 27.5 Å². The van der Waals surface area contributed by atoms with Gasteiger partial charge in [-0.05, 0) is 50.7 Å². The second-order valence-corrected chi connectivity index (χ2v) is 6.10. The summed E-state index contributed by atoms with van der Waals surface area (Å²) in [6, 6.07) is 8.61. The predicted molar refractivity (Wildman–Crippen MR) is 86.1 cm³/mol. The lowest BCUT2D eigenvalue weighted by Crippen LogP contribution is -2.37. The molecule has 1 aromatic rings. The van der Waals surface area contributed by atoms with Crippen LogP contribution in [0.3, 0.4) is 0 Å². The minimum atomic E-state index is 0.169. The lowest BCUT2D eigenvalue weighted by atomic mass is 10.2. The molecule has 110 valence electrons. The minimum Gasteiger partial charge on any atom is -0.369 e. The van der Waals surface area contributed by atoms with E-state index in [9.17, 15) is 4.79 Å². The van der Waals surface area contributed by atoms with Crippen LogP contribution in [0.25, 0.3) is 0 Å². The van der Waals surface area contributed by atoms with Gasteiger partial charge < -0.3 is 15.5 Å². The zero-order valence-electron chi connectivity index (χ0n) is 11.9. The quantitative estimate of drug-likeness (QED) is 0.780. The molecule has 4 nitrogen and oxygen atoms in total. The van der Waals surface area contributed by atoms with Crippen molar-refractivity contribution in [1.82, 2.24) is 10.6 Å². The molecule has 0 radical (unpaired) electrons. The highest BCUT2D eigenvalue weighted by Crippen LogP contribution is 2.22. The number of halogens is 1. The van der Waals surface area contributed by atoms with Crippen LogP contribution in [-0.4, -0.2) is 38.6 Å². The molecule has 1 aromatic carbocycles. The molecule has 1 amide bonds. The smallest absolute Gasteiger partial charge is 0.220 e. The van der Waals surface area contributed by atoms with Gasteiger partial charge in [0.25, 0.3) is 0 Å². The zero-order valence-corrected chi connectivity index (χ0v) is 13.4. The van der Waals surface area contributed by atoms with Crippen LogP contribution >= 0.6 is 15.9 Å². The van der Waals surface area contributed by atoms with E-state index in [-0.39, 0.29) is 11.9 Å². The van der Waals surface area contributed by atoms with Gasteiger partial charge in [-0.2, -0.15) is 0 Å². The summed E-state index contributed by atoms with van der Waals surface area (Å²) in [5.74, 6) is 0.169. The fraction of sp³-hybridized carbons (Fsp3) is 0.533. The highest BCUT2D eigenvalue weighted by Gasteiger charge is 2.23. The van der Waals surface area contributed by atoms with Gasteiger partial charge in [-0.3, -0.25) is 4.79 Å². The summed E-state index contributed by atoms with van der Waals surface area (Å²) in [5.41, 5.74) is 1.22. The molecule has 1 atom stereocenters. The molecule has 1 fully saturated rings. The Bertz CT molecular complexity index is 435. The molecule has 2 rings (SSSR count). The van der Waals surface area contributed by atoms with Crippen molar-refractivity contribution in [2.24, 2.45) is 0 Å². The molecule has 2 N–H and O–H groups in total. The Morgan fingerprint density at radius 2 is 2.15 bits per heavy atom. The highest BCUT2D eigenvalue weighted by atomic mass is 79.9. The maximum atomic E-state index is 11.8. The van der Waals surface area contributed by atoms with E-state index in [0.717, 1.165) is 36.9 Å². The van der Waals surface area contributed by atoms with Crippen LogP contribution in [0.4, 0.5) is 5.69 Å². The van der Waals surface area contributed by atoms with Crippen LogP contribution in [0, 0.1) is 0 Å². The van der Waals surface area contributed by atoms with Crippen LogP contribution in [0.2, 0.25) is 0 Å². The van der Waals surface area contributed by atoms with Crippen molar-refractivity contribution in [3.63, 3.8) is 0 Å². The van der Waals surface area contributed by atoms with Gasteiger partial charge in [0.15, 0.2) is 0 Å². The van der Waals surface area contributed by atoms with Crippen molar-refractivity contribution in [3.05, 3.63) is 28.7 Å². The lowest BCUT2D eigenvalue weighted by Gasteiger charge is -2.19. The Balaban J connectivity index is 1.77. The SMILES string of the molecule is CNCCCC(=O)NC1CCN(c2ccc(Br)cc2)C1. The number of rotatable bonds is 6. The Hall–Kier alpha value is -1.07. The summed E-state index contributed by atoms with van der Waals surface area (Å²) in [4.78, 5) is 14.1. The number of carbonyl (C=O) groups is 1. The van der Waals surface area contributed by atoms with E-state index in [1.165, 1.54) is 5.69 Å². The van der Waals surface area contributed by atoms with E-state index in [4.69, 9.17) is 0 Å². The second-order valence-electron chi connectivity index (χ2n) is 5.18. The molecule has 1 aliphatic rings. The van der Waals surface area contributed by atoms with Crippen LogP contribution in [0.5, 0.6) is 0 Å². The van der Waals surface area contributed by atoms with E-state index in [0.29, 0.717) is 6.42 Å². The largest absolute Gasteiger partial charge is 0.369 e. The monoisotopic (exact) mass is 339 g/mol. The Labute approximate surface area is 129 Å². The number of carbonyl (C=O) groups excluding carboxylic acids is 1. The minimum absolute atomic E-state index is 0.169. The third kappa shape index (κ3) is 4.49. The third-order valence-corrected chi connectivity index (χ3v) is 4.10. The number of anilines is 1. The van der Waals surface area contributed by atoms with Crippen molar-refractivity contribution in [2.45, 2.75) is 25.3 Å². The molecule has 1 aliphatic heterocycles. The van der Waals surface area contributed by atoms with Crippen molar-refractivity contribution in [2.75, 3.05) is 31.6 Å². The third-order valence-electron chi connectivity index (χ3n) is 3.58. The summed E-state index contributed by atoms with van der Waals surface area (Å²) >= 11 is 3.45. The van der Waals surface area contributed by atoms with Gasteiger partial charge in [0.05, 0.1) is 0 Å². The highest BCUT2D eigenvalue weighted by molar-refractivity contribution is 9.10. The molecule has 1 unspecified atom stereocenters. The van der Waals surface area contributed by atoms with Gasteiger partial charge in [-0.1, -0.05) is 15.9 Å². The standard InChI is InChI=1S/C15H22BrN3O/c1-17-9-2-3-15(20)18-13-8-10-19(11-13)14-6-4-12(16)5-7-14/h4-7,13,17H,2-3,8-11H2,1H3,(H,18,20). The van der Waals surface area contributed by atoms with E-state index < -0.39 is 0 Å². The fourth-order valence-electron chi connectivity index (χ4n) is 2.49. The molecule has 20 heavy (non-hydrogen) atoms. The van der Waals surface area contributed by atoms with Gasteiger partial charge in [0, 0.05) is 35.7 Å². The molecular formula is C15H22BrN3O. The molecule has 5 heteroatoms. The number of nitrogens with one attached hydrogen (secondary N) is 2. The number of nitrogens with zero attached hydrogens (tertiary/aromatic N) is 1. The average Bonchev–Trinajstić information content (AvgIpc) is 2.88. The Morgan fingerprint density at radius 1 is 1.40 bits per heavy atom. The van der Waals surface area contributed by atoms with Gasteiger partial charge in [0.2, 0.25) is 5.91 Å². The molecule has 0 aromatic heterocycles. The van der Waals surface area contributed by atoms with Crippen LogP contribution in [-0.2, 0) is 4.79 Å². The predicted octanol–water partition coefficient (Wildman–Crippen LogP) is 2.14. The first-order chi connectivity index (χ1) is 9.69. The number of amides is 1. The van der Waals surface area contributed by atoms with Gasteiger partial charge in [0.1, 0.15) is 0 Å². The Kier molecular flexibility index (Phi) is 5.86. The molecule has 0 bridgehead atoms. The first kappa shape index (κ1) is 15.3. The molecule has 1 saturated heterocycles. The fourth-order valence-corrected chi connectivity index (χ4v) is 2.75. The Morgan fingerprint density at radius 3 is 2.85 bits per heavy atom. The van der Waals surface area contributed by atoms with Gasteiger partial charge >= 0.3 is 0 Å². The van der Waals surface area contributed by atoms with Crippen molar-refractivity contribution in [1.29, 1.82) is 0 Å². The summed E-state index contributed by atoms with van der Waals surface area (Å²) in [7, 11) is 1.91. The average molecular weight is 340 g/mol. The van der Waals surface area contributed by atoms with E-state index in [1.807, 2.05) is 7.05 Å². The van der Waals surface area contributed by atoms with Gasteiger partial charge in [-0.25, -0.2) is 0 Å². The first-order valence-electron chi connectivity index (χ1n) is 7.13. The first-order valence-corrected chi connectivity index (χ1v) is 7.93. The maximum absolute atomic E-state index is 11.8. The maximum Gasteiger partial charge on any atom is 0.220 e. The molecule has 1 heterocycles. The molecule has 0 saturated carbocycles. The molecular weight excluding hydrogens is 318 g/mol. The summed E-state index contributed by atoms with van der Waals surface area (Å²) in [5, 5.41) is 6.19. The molecule has 0 aliphatic carbocycles. The topological polar surface area (TPSA) is 44.4 Å². The second kappa shape index (κ2) is 7.64. The number of benzene rings is 1. The normalized spacial score (nSPS) is 18.3. The summed E-state index contributed by atoms with van der Waals surface area (Å²) < 4.78 is 1.09. The van der Waals surface area contributed by atoms with E-state index in [2.05, 4.69) is 55.7 Å². The summed E-state index contributed by atoms with van der Waals surface area (Å²) in [6.45, 7) is 2.80. The van der Waals surface area contributed by atoms with E-state index >= 15 is 0 Å². The lowest BCUT2D eigenvalue weighted by molar-refractivity contribution is -0.121. The van der Waals surface area contributed by atoms with Crippen molar-refractivity contribution < 1.29 is 4.79 Å². The van der Waals surface area contributed by atoms with Gasteiger partial charge in [-0.15, -0.1) is 0 Å². The van der Waals surface area contributed by atoms with Crippen LogP contribution < -0.4 is 15.5 Å². The van der Waals surface area contributed by atoms with Crippen LogP contribution in [0.1, 0.15) is 19.3 Å². The van der Waals surface area contributed by atoms with Crippen LogP contribution in [0.15, 0.2) is 28.7 Å². The number of hydrogen-bond acceptors (Lipinski definition) is 3. The zero-order chi connectivity index (χ0) is 14.4.